The predicted molar refractivity (Wildman–Crippen MR) is 49.1 cm³/mol. The van der Waals surface area contributed by atoms with Gasteiger partial charge < -0.3 is 4.90 Å². The van der Waals surface area contributed by atoms with E-state index in [0.717, 1.165) is 0 Å². The van der Waals surface area contributed by atoms with Crippen LogP contribution in [0.1, 0.15) is 33.6 Å². The zero-order valence-corrected chi connectivity index (χ0v) is 7.80. The Morgan fingerprint density at radius 1 is 1.27 bits per heavy atom. The van der Waals surface area contributed by atoms with Gasteiger partial charge in [0.05, 0.1) is 5.84 Å². The molecule has 0 aromatic carbocycles. The highest BCUT2D eigenvalue weighted by Gasteiger charge is 2.12. The molecule has 0 bridgehead atoms. The Labute approximate surface area is 69.3 Å². The maximum Gasteiger partial charge on any atom is 0.0960 e. The molecule has 0 aliphatic carbocycles. The highest BCUT2D eigenvalue weighted by molar-refractivity contribution is 5.80. The summed E-state index contributed by atoms with van der Waals surface area (Å²) in [5, 5.41) is 0. The smallest absolute Gasteiger partial charge is 0.0960 e. The molecule has 0 aromatic heterocycles. The number of hydrogen-bond acceptors (Lipinski definition) is 1. The molecular formula is C9H18N2. The lowest BCUT2D eigenvalue weighted by Gasteiger charge is -2.17. The molecule has 1 fully saturated rings. The number of rotatable bonds is 1. The summed E-state index contributed by atoms with van der Waals surface area (Å²) < 4.78 is 0. The Hall–Kier alpha value is -0.530. The van der Waals surface area contributed by atoms with Crippen molar-refractivity contribution in [2.45, 2.75) is 39.7 Å². The van der Waals surface area contributed by atoms with E-state index in [1.165, 1.54) is 31.8 Å². The van der Waals surface area contributed by atoms with E-state index in [-0.39, 0.29) is 0 Å². The second kappa shape index (κ2) is 3.74. The van der Waals surface area contributed by atoms with Crippen LogP contribution < -0.4 is 0 Å². The van der Waals surface area contributed by atoms with Crippen molar-refractivity contribution in [1.29, 1.82) is 0 Å². The van der Waals surface area contributed by atoms with Crippen LogP contribution in [-0.2, 0) is 0 Å². The Bertz CT molecular complexity index is 144. The van der Waals surface area contributed by atoms with Crippen molar-refractivity contribution >= 4 is 5.84 Å². The molecule has 1 aliphatic rings. The van der Waals surface area contributed by atoms with Crippen LogP contribution in [0, 0.1) is 0 Å². The minimum Gasteiger partial charge on any atom is -0.361 e. The molecule has 0 spiro atoms. The van der Waals surface area contributed by atoms with Crippen LogP contribution in [0.25, 0.3) is 0 Å². The molecule has 11 heavy (non-hydrogen) atoms. The molecule has 0 amide bonds. The van der Waals surface area contributed by atoms with E-state index in [0.29, 0.717) is 6.04 Å². The lowest BCUT2D eigenvalue weighted by Crippen LogP contribution is -2.25. The highest BCUT2D eigenvalue weighted by atomic mass is 15.2. The van der Waals surface area contributed by atoms with Crippen molar-refractivity contribution < 1.29 is 0 Å². The number of nitrogens with zero attached hydrogens (tertiary/aromatic N) is 2. The van der Waals surface area contributed by atoms with Gasteiger partial charge in [0.25, 0.3) is 0 Å². The summed E-state index contributed by atoms with van der Waals surface area (Å²) in [6.07, 6.45) is 2.68. The van der Waals surface area contributed by atoms with Crippen molar-refractivity contribution in [2.75, 3.05) is 13.1 Å². The zero-order chi connectivity index (χ0) is 8.27. The fraction of sp³-hybridized carbons (Fsp3) is 0.889. The van der Waals surface area contributed by atoms with Crippen LogP contribution in [0.5, 0.6) is 0 Å². The summed E-state index contributed by atoms with van der Waals surface area (Å²) in [5.74, 6) is 1.22. The van der Waals surface area contributed by atoms with Crippen molar-refractivity contribution in [3.63, 3.8) is 0 Å². The normalized spacial score (nSPS) is 20.0. The lowest BCUT2D eigenvalue weighted by atomic mass is 10.4. The van der Waals surface area contributed by atoms with Crippen LogP contribution in [0.2, 0.25) is 0 Å². The van der Waals surface area contributed by atoms with E-state index in [4.69, 9.17) is 0 Å². The molecule has 0 saturated carbocycles. The second-order valence-corrected chi connectivity index (χ2v) is 3.46. The van der Waals surface area contributed by atoms with Crippen LogP contribution >= 0.6 is 0 Å². The van der Waals surface area contributed by atoms with Crippen molar-refractivity contribution in [3.8, 4) is 0 Å². The number of hydrogen-bond donors (Lipinski definition) is 0. The molecule has 2 heteroatoms. The minimum absolute atomic E-state index is 0.440. The van der Waals surface area contributed by atoms with Gasteiger partial charge in [0.2, 0.25) is 0 Å². The third-order valence-corrected chi connectivity index (χ3v) is 2.01. The van der Waals surface area contributed by atoms with Gasteiger partial charge in [0.1, 0.15) is 0 Å². The van der Waals surface area contributed by atoms with Gasteiger partial charge in [-0.05, 0) is 33.6 Å². The van der Waals surface area contributed by atoms with Crippen LogP contribution in [0.3, 0.4) is 0 Å². The maximum atomic E-state index is 4.50. The fourth-order valence-corrected chi connectivity index (χ4v) is 1.50. The van der Waals surface area contributed by atoms with Gasteiger partial charge in [-0.3, -0.25) is 4.99 Å². The third kappa shape index (κ3) is 2.52. The largest absolute Gasteiger partial charge is 0.361 e. The molecule has 0 atom stereocenters. The lowest BCUT2D eigenvalue weighted by molar-refractivity contribution is 0.510. The first kappa shape index (κ1) is 8.57. The monoisotopic (exact) mass is 154 g/mol. The summed E-state index contributed by atoms with van der Waals surface area (Å²) in [6, 6.07) is 0.440. The molecule has 1 saturated heterocycles. The van der Waals surface area contributed by atoms with Crippen LogP contribution in [0.4, 0.5) is 0 Å². The molecule has 2 nitrogen and oxygen atoms in total. The van der Waals surface area contributed by atoms with Gasteiger partial charge >= 0.3 is 0 Å². The molecule has 0 N–H and O–H groups in total. The number of aliphatic imine (C=N–C) groups is 1. The van der Waals surface area contributed by atoms with Gasteiger partial charge in [0.15, 0.2) is 0 Å². The number of likely N-dealkylation sites (tertiary alicyclic amines) is 1. The Morgan fingerprint density at radius 2 is 1.82 bits per heavy atom. The topological polar surface area (TPSA) is 15.6 Å². The molecular weight excluding hydrogens is 136 g/mol. The Kier molecular flexibility index (Phi) is 2.92. The van der Waals surface area contributed by atoms with Crippen LogP contribution in [0.15, 0.2) is 4.99 Å². The van der Waals surface area contributed by atoms with Crippen molar-refractivity contribution in [1.82, 2.24) is 4.90 Å². The summed E-state index contributed by atoms with van der Waals surface area (Å²) in [6.45, 7) is 8.79. The van der Waals surface area contributed by atoms with E-state index in [1.807, 2.05) is 0 Å². The second-order valence-electron chi connectivity index (χ2n) is 3.46. The minimum atomic E-state index is 0.440. The quantitative estimate of drug-likeness (QED) is 0.416. The summed E-state index contributed by atoms with van der Waals surface area (Å²) >= 11 is 0. The fourth-order valence-electron chi connectivity index (χ4n) is 1.50. The highest BCUT2D eigenvalue weighted by Crippen LogP contribution is 2.08. The molecule has 0 unspecified atom stereocenters. The average molecular weight is 154 g/mol. The SMILES string of the molecule is CC(=NC(C)C)N1CCCC1. The first-order valence-electron chi connectivity index (χ1n) is 4.49. The van der Waals surface area contributed by atoms with Crippen molar-refractivity contribution in [3.05, 3.63) is 0 Å². The average Bonchev–Trinajstić information content (AvgIpc) is 2.35. The molecule has 64 valence electrons. The van der Waals surface area contributed by atoms with Crippen molar-refractivity contribution in [2.24, 2.45) is 4.99 Å². The Morgan fingerprint density at radius 3 is 2.27 bits per heavy atom. The number of amidine groups is 1. The van der Waals surface area contributed by atoms with E-state index < -0.39 is 0 Å². The van der Waals surface area contributed by atoms with E-state index in [2.05, 4.69) is 30.7 Å². The predicted octanol–water partition coefficient (Wildman–Crippen LogP) is 1.91. The van der Waals surface area contributed by atoms with Gasteiger partial charge in [0, 0.05) is 19.1 Å². The summed E-state index contributed by atoms with van der Waals surface area (Å²) in [4.78, 5) is 6.88. The molecule has 1 rings (SSSR count). The first-order valence-corrected chi connectivity index (χ1v) is 4.49. The maximum absolute atomic E-state index is 4.50. The molecule has 1 aliphatic heterocycles. The van der Waals surface area contributed by atoms with E-state index >= 15 is 0 Å². The summed E-state index contributed by atoms with van der Waals surface area (Å²) in [5.41, 5.74) is 0. The zero-order valence-electron chi connectivity index (χ0n) is 7.80. The molecule has 0 radical (unpaired) electrons. The van der Waals surface area contributed by atoms with Crippen LogP contribution in [-0.4, -0.2) is 29.9 Å². The van der Waals surface area contributed by atoms with E-state index in [9.17, 15) is 0 Å². The van der Waals surface area contributed by atoms with Gasteiger partial charge in [-0.15, -0.1) is 0 Å². The third-order valence-electron chi connectivity index (χ3n) is 2.01. The molecule has 1 heterocycles. The van der Waals surface area contributed by atoms with Gasteiger partial charge in [-0.1, -0.05) is 0 Å². The standard InChI is InChI=1S/C9H18N2/c1-8(2)10-9(3)11-6-4-5-7-11/h8H,4-7H2,1-3H3. The summed E-state index contributed by atoms with van der Waals surface area (Å²) in [7, 11) is 0. The van der Waals surface area contributed by atoms with Gasteiger partial charge in [-0.25, -0.2) is 0 Å². The Balaban J connectivity index is 2.45. The van der Waals surface area contributed by atoms with Gasteiger partial charge in [-0.2, -0.15) is 0 Å². The van der Waals surface area contributed by atoms with E-state index in [1.54, 1.807) is 0 Å². The molecule has 0 aromatic rings. The first-order chi connectivity index (χ1) is 5.20.